The molecule has 168 valence electrons. The Kier molecular flexibility index (Phi) is 8.14. The van der Waals surface area contributed by atoms with Crippen LogP contribution in [0.4, 0.5) is 0 Å². The van der Waals surface area contributed by atoms with E-state index in [9.17, 15) is 4.79 Å². The maximum Gasteiger partial charge on any atom is 0.255 e. The monoisotopic (exact) mass is 427 g/mol. The largest absolute Gasteiger partial charge is 0.493 e. The molecular weight excluding hydrogens is 394 g/mol. The molecule has 0 aliphatic carbocycles. The van der Waals surface area contributed by atoms with Crippen molar-refractivity contribution in [3.8, 4) is 17.2 Å². The average molecular weight is 428 g/mol. The highest BCUT2D eigenvalue weighted by Gasteiger charge is 2.26. The number of likely N-dealkylation sites (N-methyl/N-ethyl adjacent to an activating group) is 1. The molecule has 0 bridgehead atoms. The summed E-state index contributed by atoms with van der Waals surface area (Å²) in [4.78, 5) is 17.7. The van der Waals surface area contributed by atoms with E-state index < -0.39 is 0 Å². The molecule has 3 rings (SSSR count). The van der Waals surface area contributed by atoms with Crippen LogP contribution in [0.3, 0.4) is 0 Å². The summed E-state index contributed by atoms with van der Waals surface area (Å²) in [6, 6.07) is 14.4. The molecular formula is C24H33N3O4. The zero-order valence-corrected chi connectivity index (χ0v) is 18.9. The van der Waals surface area contributed by atoms with E-state index in [4.69, 9.17) is 14.2 Å². The highest BCUT2D eigenvalue weighted by atomic mass is 16.5. The molecule has 7 heteroatoms. The van der Waals surface area contributed by atoms with Crippen molar-refractivity contribution in [2.24, 2.45) is 0 Å². The van der Waals surface area contributed by atoms with Gasteiger partial charge in [-0.2, -0.15) is 0 Å². The molecule has 0 aromatic heterocycles. The minimum atomic E-state index is -0.184. The zero-order valence-electron chi connectivity index (χ0n) is 18.9. The molecule has 1 fully saturated rings. The number of carbonyl (C=O) groups is 1. The number of methoxy groups -OCH3 is 3. The number of piperazine rings is 1. The Balaban J connectivity index is 1.58. The number of carbonyl (C=O) groups excluding carboxylic acids is 1. The van der Waals surface area contributed by atoms with Crippen LogP contribution < -0.4 is 19.5 Å². The minimum absolute atomic E-state index is 0.184. The van der Waals surface area contributed by atoms with Gasteiger partial charge in [-0.05, 0) is 31.2 Å². The Morgan fingerprint density at radius 2 is 1.74 bits per heavy atom. The van der Waals surface area contributed by atoms with Crippen molar-refractivity contribution in [1.82, 2.24) is 15.1 Å². The van der Waals surface area contributed by atoms with Gasteiger partial charge in [0.05, 0.1) is 26.9 Å². The van der Waals surface area contributed by atoms with E-state index in [0.717, 1.165) is 32.6 Å². The molecule has 1 unspecified atom stereocenters. The normalized spacial score (nSPS) is 17.2. The number of benzene rings is 2. The number of amides is 1. The van der Waals surface area contributed by atoms with Crippen LogP contribution >= 0.6 is 0 Å². The van der Waals surface area contributed by atoms with Crippen molar-refractivity contribution in [2.45, 2.75) is 12.5 Å². The lowest BCUT2D eigenvalue weighted by Crippen LogP contribution is -2.47. The molecule has 1 aliphatic rings. The maximum absolute atomic E-state index is 12.8. The second-order valence-corrected chi connectivity index (χ2v) is 7.72. The van der Waals surface area contributed by atoms with Gasteiger partial charge in [0, 0.05) is 38.8 Å². The standard InChI is InChI=1S/C24H33N3O4/c1-26-15-16-27(20(17-26)18-9-6-5-7-10-18)14-8-13-25-24(28)19-11-12-21(29-2)23(31-4)22(19)30-3/h5-7,9-12,20H,8,13-17H2,1-4H3,(H,25,28). The summed E-state index contributed by atoms with van der Waals surface area (Å²) in [5, 5.41) is 3.01. The Morgan fingerprint density at radius 3 is 2.42 bits per heavy atom. The van der Waals surface area contributed by atoms with E-state index in [-0.39, 0.29) is 5.91 Å². The van der Waals surface area contributed by atoms with Crippen molar-refractivity contribution in [2.75, 3.05) is 61.1 Å². The van der Waals surface area contributed by atoms with Gasteiger partial charge >= 0.3 is 0 Å². The highest BCUT2D eigenvalue weighted by Crippen LogP contribution is 2.39. The molecule has 1 amide bonds. The fourth-order valence-electron chi connectivity index (χ4n) is 4.08. The van der Waals surface area contributed by atoms with Gasteiger partial charge in [0.2, 0.25) is 5.75 Å². The third kappa shape index (κ3) is 5.48. The molecule has 31 heavy (non-hydrogen) atoms. The van der Waals surface area contributed by atoms with Crippen LogP contribution in [0.25, 0.3) is 0 Å². The molecule has 1 atom stereocenters. The molecule has 1 N–H and O–H groups in total. The number of hydrogen-bond acceptors (Lipinski definition) is 6. The van der Waals surface area contributed by atoms with E-state index in [0.29, 0.717) is 35.4 Å². The fourth-order valence-corrected chi connectivity index (χ4v) is 4.08. The van der Waals surface area contributed by atoms with Gasteiger partial charge in [-0.25, -0.2) is 0 Å². The van der Waals surface area contributed by atoms with Crippen molar-refractivity contribution in [1.29, 1.82) is 0 Å². The first-order valence-corrected chi connectivity index (χ1v) is 10.6. The fraction of sp³-hybridized carbons (Fsp3) is 0.458. The molecule has 2 aromatic carbocycles. The van der Waals surface area contributed by atoms with Crippen LogP contribution in [0.15, 0.2) is 42.5 Å². The summed E-state index contributed by atoms with van der Waals surface area (Å²) in [5.41, 5.74) is 1.77. The highest BCUT2D eigenvalue weighted by molar-refractivity contribution is 5.98. The molecule has 0 spiro atoms. The van der Waals surface area contributed by atoms with Crippen molar-refractivity contribution in [3.05, 3.63) is 53.6 Å². The van der Waals surface area contributed by atoms with Crippen LogP contribution in [0.5, 0.6) is 17.2 Å². The number of nitrogens with zero attached hydrogens (tertiary/aromatic N) is 2. The summed E-state index contributed by atoms with van der Waals surface area (Å²) in [6.45, 7) is 4.60. The lowest BCUT2D eigenvalue weighted by Gasteiger charge is -2.40. The summed E-state index contributed by atoms with van der Waals surface area (Å²) in [6.07, 6.45) is 0.869. The van der Waals surface area contributed by atoms with Crippen molar-refractivity contribution < 1.29 is 19.0 Å². The second kappa shape index (κ2) is 11.0. The summed E-state index contributed by atoms with van der Waals surface area (Å²) >= 11 is 0. The lowest BCUT2D eigenvalue weighted by molar-refractivity contribution is 0.0865. The number of ether oxygens (including phenoxy) is 3. The number of hydrogen-bond donors (Lipinski definition) is 1. The average Bonchev–Trinajstić information content (AvgIpc) is 2.81. The molecule has 0 saturated carbocycles. The summed E-state index contributed by atoms with van der Waals surface area (Å²) < 4.78 is 16.1. The quantitative estimate of drug-likeness (QED) is 0.621. The van der Waals surface area contributed by atoms with E-state index >= 15 is 0 Å². The third-order valence-corrected chi connectivity index (χ3v) is 5.74. The van der Waals surface area contributed by atoms with E-state index in [1.54, 1.807) is 19.2 Å². The Bertz CT molecular complexity index is 859. The topological polar surface area (TPSA) is 63.3 Å². The van der Waals surface area contributed by atoms with Crippen LogP contribution in [0.1, 0.15) is 28.4 Å². The van der Waals surface area contributed by atoms with E-state index in [1.165, 1.54) is 19.8 Å². The van der Waals surface area contributed by atoms with Gasteiger partial charge in [-0.1, -0.05) is 30.3 Å². The molecule has 2 aromatic rings. The zero-order chi connectivity index (χ0) is 22.2. The summed E-state index contributed by atoms with van der Waals surface area (Å²) in [5.74, 6) is 1.14. The molecule has 1 heterocycles. The van der Waals surface area contributed by atoms with Gasteiger partial charge < -0.3 is 24.4 Å². The predicted octanol–water partition coefficient (Wildman–Crippen LogP) is 2.82. The van der Waals surface area contributed by atoms with Crippen molar-refractivity contribution >= 4 is 5.91 Å². The molecule has 1 aliphatic heterocycles. The second-order valence-electron chi connectivity index (χ2n) is 7.72. The van der Waals surface area contributed by atoms with E-state index in [1.807, 2.05) is 0 Å². The molecule has 7 nitrogen and oxygen atoms in total. The smallest absolute Gasteiger partial charge is 0.255 e. The Morgan fingerprint density at radius 1 is 1.00 bits per heavy atom. The minimum Gasteiger partial charge on any atom is -0.493 e. The van der Waals surface area contributed by atoms with Gasteiger partial charge in [0.15, 0.2) is 11.5 Å². The predicted molar refractivity (Wildman–Crippen MR) is 121 cm³/mol. The SMILES string of the molecule is COc1ccc(C(=O)NCCCN2CCN(C)CC2c2ccccc2)c(OC)c1OC. The first-order chi connectivity index (χ1) is 15.1. The Labute approximate surface area is 184 Å². The van der Waals surface area contributed by atoms with Crippen molar-refractivity contribution in [3.63, 3.8) is 0 Å². The van der Waals surface area contributed by atoms with Crippen LogP contribution in [0.2, 0.25) is 0 Å². The first kappa shape index (κ1) is 22.9. The summed E-state index contributed by atoms with van der Waals surface area (Å²) in [7, 11) is 6.77. The number of rotatable bonds is 9. The number of nitrogens with one attached hydrogen (secondary N) is 1. The molecule has 0 radical (unpaired) electrons. The lowest BCUT2D eigenvalue weighted by atomic mass is 10.0. The third-order valence-electron chi connectivity index (χ3n) is 5.74. The van der Waals surface area contributed by atoms with Crippen LogP contribution in [-0.2, 0) is 0 Å². The van der Waals surface area contributed by atoms with Gasteiger partial charge in [0.25, 0.3) is 5.91 Å². The van der Waals surface area contributed by atoms with Gasteiger partial charge in [-0.15, -0.1) is 0 Å². The van der Waals surface area contributed by atoms with Gasteiger partial charge in [-0.3, -0.25) is 9.69 Å². The van der Waals surface area contributed by atoms with Gasteiger partial charge in [0.1, 0.15) is 0 Å². The van der Waals surface area contributed by atoms with Crippen LogP contribution in [-0.4, -0.2) is 76.8 Å². The first-order valence-electron chi connectivity index (χ1n) is 10.6. The Hall–Kier alpha value is -2.77. The maximum atomic E-state index is 12.8. The molecule has 1 saturated heterocycles. The van der Waals surface area contributed by atoms with E-state index in [2.05, 4.69) is 52.5 Å². The van der Waals surface area contributed by atoms with Crippen LogP contribution in [0, 0.1) is 0 Å².